The Morgan fingerprint density at radius 2 is 1.50 bits per heavy atom. The van der Waals surface area contributed by atoms with Gasteiger partial charge in [0.2, 0.25) is 0 Å². The van der Waals surface area contributed by atoms with Gasteiger partial charge in [0.05, 0.1) is 16.1 Å². The molecule has 34 heavy (non-hydrogen) atoms. The van der Waals surface area contributed by atoms with Crippen molar-refractivity contribution in [3.8, 4) is 0 Å². The second-order valence-corrected chi connectivity index (χ2v) is 9.78. The summed E-state index contributed by atoms with van der Waals surface area (Å²) in [6.45, 7) is 1.45. The molecule has 3 aromatic rings. The molecule has 0 saturated heterocycles. The first-order valence-electron chi connectivity index (χ1n) is 10.5. The Morgan fingerprint density at radius 3 is 2.12 bits per heavy atom. The maximum atomic E-state index is 13.0. The van der Waals surface area contributed by atoms with Crippen LogP contribution in [-0.4, -0.2) is 47.5 Å². The molecular formula is C25H27N3O5S. The molecule has 0 aliphatic rings. The number of hydrogen-bond donors (Lipinski definition) is 1. The standard InChI is InChI=1S/C25H27N3O5S/c1-18(24(29)26-20-13-15-21(16-14-20)27(2)3)33-25(30)19-9-8-12-23(17-19)34(31,32)28(4)22-10-6-5-7-11-22/h5-18H,1-4H3,(H,26,29). The van der Waals surface area contributed by atoms with E-state index in [9.17, 15) is 18.0 Å². The van der Waals surface area contributed by atoms with Crippen LogP contribution in [0.3, 0.4) is 0 Å². The van der Waals surface area contributed by atoms with Crippen LogP contribution in [0.15, 0.2) is 83.8 Å². The van der Waals surface area contributed by atoms with Gasteiger partial charge in [-0.2, -0.15) is 0 Å². The van der Waals surface area contributed by atoms with Crippen LogP contribution in [0.1, 0.15) is 17.3 Å². The zero-order valence-corrected chi connectivity index (χ0v) is 20.2. The van der Waals surface area contributed by atoms with Crippen LogP contribution in [0.5, 0.6) is 0 Å². The van der Waals surface area contributed by atoms with E-state index in [1.54, 1.807) is 42.5 Å². The van der Waals surface area contributed by atoms with E-state index in [2.05, 4.69) is 5.32 Å². The summed E-state index contributed by atoms with van der Waals surface area (Å²) in [5.41, 5.74) is 2.05. The predicted molar refractivity (Wildman–Crippen MR) is 133 cm³/mol. The molecular weight excluding hydrogens is 454 g/mol. The second kappa shape index (κ2) is 10.4. The first-order valence-corrected chi connectivity index (χ1v) is 12.0. The lowest BCUT2D eigenvalue weighted by Crippen LogP contribution is -2.30. The van der Waals surface area contributed by atoms with E-state index in [1.807, 2.05) is 31.1 Å². The molecule has 0 radical (unpaired) electrons. The van der Waals surface area contributed by atoms with E-state index >= 15 is 0 Å². The Kier molecular flexibility index (Phi) is 7.57. The third-order valence-electron chi connectivity index (χ3n) is 5.15. The summed E-state index contributed by atoms with van der Waals surface area (Å²) in [6.07, 6.45) is -1.09. The van der Waals surface area contributed by atoms with Crippen molar-refractivity contribution in [1.29, 1.82) is 0 Å². The second-order valence-electron chi connectivity index (χ2n) is 7.81. The number of carbonyl (C=O) groups excluding carboxylic acids is 2. The quantitative estimate of drug-likeness (QED) is 0.492. The lowest BCUT2D eigenvalue weighted by molar-refractivity contribution is -0.123. The average Bonchev–Trinajstić information content (AvgIpc) is 2.84. The molecule has 1 N–H and O–H groups in total. The molecule has 0 bridgehead atoms. The summed E-state index contributed by atoms with van der Waals surface area (Å²) in [7, 11) is 1.36. The highest BCUT2D eigenvalue weighted by Gasteiger charge is 2.24. The number of nitrogens with one attached hydrogen (secondary N) is 1. The van der Waals surface area contributed by atoms with Gasteiger partial charge in [-0.25, -0.2) is 13.2 Å². The molecule has 178 valence electrons. The van der Waals surface area contributed by atoms with E-state index in [0.717, 1.165) is 9.99 Å². The van der Waals surface area contributed by atoms with Gasteiger partial charge in [-0.1, -0.05) is 24.3 Å². The number of para-hydroxylation sites is 1. The number of benzene rings is 3. The number of nitrogens with zero attached hydrogens (tertiary/aromatic N) is 2. The molecule has 1 amide bonds. The van der Waals surface area contributed by atoms with Crippen molar-refractivity contribution in [3.05, 3.63) is 84.4 Å². The van der Waals surface area contributed by atoms with Gasteiger partial charge in [-0.15, -0.1) is 0 Å². The molecule has 0 aromatic heterocycles. The van der Waals surface area contributed by atoms with Crippen molar-refractivity contribution in [2.24, 2.45) is 0 Å². The van der Waals surface area contributed by atoms with Crippen molar-refractivity contribution in [2.75, 3.05) is 35.7 Å². The zero-order chi connectivity index (χ0) is 24.9. The molecule has 0 heterocycles. The van der Waals surface area contributed by atoms with Crippen molar-refractivity contribution < 1.29 is 22.7 Å². The summed E-state index contributed by atoms with van der Waals surface area (Å²) < 4.78 is 32.4. The molecule has 3 rings (SSSR count). The van der Waals surface area contributed by atoms with Crippen LogP contribution >= 0.6 is 0 Å². The normalized spacial score (nSPS) is 11.9. The maximum absolute atomic E-state index is 13.0. The highest BCUT2D eigenvalue weighted by atomic mass is 32.2. The van der Waals surface area contributed by atoms with Gasteiger partial charge in [0.1, 0.15) is 0 Å². The van der Waals surface area contributed by atoms with Crippen molar-refractivity contribution in [3.63, 3.8) is 0 Å². The van der Waals surface area contributed by atoms with Crippen LogP contribution in [0, 0.1) is 0 Å². The number of amides is 1. The van der Waals surface area contributed by atoms with Crippen molar-refractivity contribution >= 4 is 39.0 Å². The predicted octanol–water partition coefficient (Wildman–Crippen LogP) is 3.76. The fourth-order valence-electron chi connectivity index (χ4n) is 3.09. The molecule has 3 aromatic carbocycles. The number of sulfonamides is 1. The lowest BCUT2D eigenvalue weighted by Gasteiger charge is -2.20. The molecule has 0 aliphatic heterocycles. The lowest BCUT2D eigenvalue weighted by atomic mass is 10.2. The summed E-state index contributed by atoms with van der Waals surface area (Å²) in [6, 6.07) is 21.3. The molecule has 0 fully saturated rings. The molecule has 1 unspecified atom stereocenters. The number of carbonyl (C=O) groups is 2. The minimum Gasteiger partial charge on any atom is -0.449 e. The van der Waals surface area contributed by atoms with E-state index in [1.165, 1.54) is 38.2 Å². The number of esters is 1. The van der Waals surface area contributed by atoms with E-state index in [-0.39, 0.29) is 10.5 Å². The third-order valence-corrected chi connectivity index (χ3v) is 6.93. The SMILES string of the molecule is CC(OC(=O)c1cccc(S(=O)(=O)N(C)c2ccccc2)c1)C(=O)Nc1ccc(N(C)C)cc1. The van der Waals surface area contributed by atoms with Crippen LogP contribution in [0.4, 0.5) is 17.1 Å². The average molecular weight is 482 g/mol. The summed E-state index contributed by atoms with van der Waals surface area (Å²) in [5.74, 6) is -1.30. The zero-order valence-electron chi connectivity index (χ0n) is 19.4. The van der Waals surface area contributed by atoms with Crippen LogP contribution < -0.4 is 14.5 Å². The molecule has 1 atom stereocenters. The topological polar surface area (TPSA) is 96.0 Å². The smallest absolute Gasteiger partial charge is 0.338 e. The van der Waals surface area contributed by atoms with Crippen molar-refractivity contribution in [2.45, 2.75) is 17.9 Å². The Bertz CT molecular complexity index is 1260. The van der Waals surface area contributed by atoms with Gasteiger partial charge >= 0.3 is 5.97 Å². The third kappa shape index (κ3) is 5.74. The summed E-state index contributed by atoms with van der Waals surface area (Å²) >= 11 is 0. The Balaban J connectivity index is 1.69. The first-order chi connectivity index (χ1) is 16.1. The van der Waals surface area contributed by atoms with Gasteiger partial charge in [-0.3, -0.25) is 9.10 Å². The molecule has 9 heteroatoms. The summed E-state index contributed by atoms with van der Waals surface area (Å²) in [5, 5.41) is 2.70. The highest BCUT2D eigenvalue weighted by molar-refractivity contribution is 7.92. The van der Waals surface area contributed by atoms with Gasteiger partial charge in [-0.05, 0) is 61.5 Å². The Morgan fingerprint density at radius 1 is 0.853 bits per heavy atom. The number of anilines is 3. The highest BCUT2D eigenvalue weighted by Crippen LogP contribution is 2.23. The number of rotatable bonds is 8. The molecule has 0 saturated carbocycles. The fraction of sp³-hybridized carbons (Fsp3) is 0.200. The minimum atomic E-state index is -3.90. The largest absolute Gasteiger partial charge is 0.449 e. The molecule has 8 nitrogen and oxygen atoms in total. The fourth-order valence-corrected chi connectivity index (χ4v) is 4.33. The van der Waals surface area contributed by atoms with Gasteiger partial charge in [0.15, 0.2) is 6.10 Å². The van der Waals surface area contributed by atoms with Crippen LogP contribution in [-0.2, 0) is 19.6 Å². The minimum absolute atomic E-state index is 0.0255. The van der Waals surface area contributed by atoms with Crippen LogP contribution in [0.25, 0.3) is 0 Å². The number of ether oxygens (including phenoxy) is 1. The Hall–Kier alpha value is -3.85. The molecule has 0 spiro atoms. The summed E-state index contributed by atoms with van der Waals surface area (Å²) in [4.78, 5) is 27.0. The van der Waals surface area contributed by atoms with E-state index < -0.39 is 28.0 Å². The first kappa shape index (κ1) is 24.8. The maximum Gasteiger partial charge on any atom is 0.338 e. The van der Waals surface area contributed by atoms with Crippen LogP contribution in [0.2, 0.25) is 0 Å². The van der Waals surface area contributed by atoms with Crippen molar-refractivity contribution in [1.82, 2.24) is 0 Å². The van der Waals surface area contributed by atoms with E-state index in [4.69, 9.17) is 4.74 Å². The monoisotopic (exact) mass is 481 g/mol. The number of hydrogen-bond acceptors (Lipinski definition) is 6. The molecule has 0 aliphatic carbocycles. The Labute approximate surface area is 199 Å². The van der Waals surface area contributed by atoms with E-state index in [0.29, 0.717) is 11.4 Å². The van der Waals surface area contributed by atoms with Gasteiger partial charge in [0.25, 0.3) is 15.9 Å². The van der Waals surface area contributed by atoms with Gasteiger partial charge in [0, 0.05) is 32.5 Å². The van der Waals surface area contributed by atoms with Gasteiger partial charge < -0.3 is 15.0 Å².